The molecule has 0 bridgehead atoms. The molecule has 1 aromatic rings. The standard InChI is InChI=1S/C13H12I2O5/c1-6(2)13(17)20-9-5-8(14)11(18-4)10(15)12(9)19-7(3)16/h5H,1H2,2-4H3. The van der Waals surface area contributed by atoms with Crippen molar-refractivity contribution in [2.45, 2.75) is 13.8 Å². The maximum atomic E-state index is 11.6. The molecule has 0 N–H and O–H groups in total. The molecule has 108 valence electrons. The number of esters is 2. The summed E-state index contributed by atoms with van der Waals surface area (Å²) in [6.45, 7) is 6.31. The number of methoxy groups -OCH3 is 1. The van der Waals surface area contributed by atoms with Gasteiger partial charge in [0.2, 0.25) is 0 Å². The quantitative estimate of drug-likeness (QED) is 0.274. The number of ether oxygens (including phenoxy) is 3. The van der Waals surface area contributed by atoms with Crippen molar-refractivity contribution in [1.82, 2.24) is 0 Å². The van der Waals surface area contributed by atoms with Gasteiger partial charge in [-0.1, -0.05) is 6.58 Å². The van der Waals surface area contributed by atoms with E-state index in [0.29, 0.717) is 9.32 Å². The first-order chi connectivity index (χ1) is 9.27. The molecule has 5 nitrogen and oxygen atoms in total. The average Bonchev–Trinajstić information content (AvgIpc) is 2.34. The summed E-state index contributed by atoms with van der Waals surface area (Å²) in [5.41, 5.74) is 0.250. The maximum absolute atomic E-state index is 11.6. The van der Waals surface area contributed by atoms with Crippen molar-refractivity contribution in [3.8, 4) is 17.2 Å². The van der Waals surface area contributed by atoms with Gasteiger partial charge in [-0.2, -0.15) is 0 Å². The van der Waals surface area contributed by atoms with Crippen LogP contribution < -0.4 is 14.2 Å². The van der Waals surface area contributed by atoms with Gasteiger partial charge >= 0.3 is 11.9 Å². The Balaban J connectivity index is 3.37. The number of hydrogen-bond donors (Lipinski definition) is 0. The summed E-state index contributed by atoms with van der Waals surface area (Å²) >= 11 is 4.01. The Morgan fingerprint density at radius 2 is 1.75 bits per heavy atom. The molecule has 0 aliphatic rings. The third kappa shape index (κ3) is 4.08. The maximum Gasteiger partial charge on any atom is 0.338 e. The Bertz CT molecular complexity index is 581. The zero-order valence-electron chi connectivity index (χ0n) is 11.1. The zero-order valence-corrected chi connectivity index (χ0v) is 15.4. The second kappa shape index (κ2) is 7.25. The molecule has 7 heteroatoms. The third-order valence-corrected chi connectivity index (χ3v) is 3.88. The van der Waals surface area contributed by atoms with Crippen molar-refractivity contribution < 1.29 is 23.8 Å². The van der Waals surface area contributed by atoms with E-state index in [1.54, 1.807) is 6.07 Å². The number of carbonyl (C=O) groups is 2. The highest BCUT2D eigenvalue weighted by Crippen LogP contribution is 2.42. The fourth-order valence-corrected chi connectivity index (χ4v) is 3.43. The lowest BCUT2D eigenvalue weighted by Crippen LogP contribution is -2.12. The highest BCUT2D eigenvalue weighted by atomic mass is 127. The van der Waals surface area contributed by atoms with Crippen molar-refractivity contribution in [3.05, 3.63) is 25.4 Å². The Morgan fingerprint density at radius 1 is 1.15 bits per heavy atom. The van der Waals surface area contributed by atoms with E-state index >= 15 is 0 Å². The van der Waals surface area contributed by atoms with Crippen molar-refractivity contribution in [3.63, 3.8) is 0 Å². The van der Waals surface area contributed by atoms with Gasteiger partial charge in [-0.15, -0.1) is 0 Å². The van der Waals surface area contributed by atoms with Crippen LogP contribution >= 0.6 is 45.2 Å². The van der Waals surface area contributed by atoms with Crippen LogP contribution in [0.15, 0.2) is 18.2 Å². The minimum absolute atomic E-state index is 0.155. The number of carbonyl (C=O) groups excluding carboxylic acids is 2. The normalized spacial score (nSPS) is 9.85. The smallest absolute Gasteiger partial charge is 0.338 e. The van der Waals surface area contributed by atoms with Gasteiger partial charge in [-0.25, -0.2) is 4.79 Å². The van der Waals surface area contributed by atoms with E-state index in [4.69, 9.17) is 14.2 Å². The Kier molecular flexibility index (Phi) is 6.24. The van der Waals surface area contributed by atoms with Crippen LogP contribution in [0.25, 0.3) is 0 Å². The van der Waals surface area contributed by atoms with Gasteiger partial charge in [-0.05, 0) is 52.1 Å². The topological polar surface area (TPSA) is 61.8 Å². The first-order valence-corrected chi connectivity index (χ1v) is 7.55. The van der Waals surface area contributed by atoms with Crippen molar-refractivity contribution >= 4 is 57.1 Å². The van der Waals surface area contributed by atoms with E-state index < -0.39 is 11.9 Å². The van der Waals surface area contributed by atoms with E-state index in [0.717, 1.165) is 3.57 Å². The lowest BCUT2D eigenvalue weighted by atomic mass is 10.3. The van der Waals surface area contributed by atoms with Crippen LogP contribution in [0.1, 0.15) is 13.8 Å². The molecule has 1 aromatic carbocycles. The van der Waals surface area contributed by atoms with Crippen LogP contribution in [0.4, 0.5) is 0 Å². The van der Waals surface area contributed by atoms with Crippen LogP contribution in [0.2, 0.25) is 0 Å². The zero-order chi connectivity index (χ0) is 15.4. The SMILES string of the molecule is C=C(C)C(=O)Oc1cc(I)c(OC)c(I)c1OC(C)=O. The minimum atomic E-state index is -0.588. The molecule has 0 saturated heterocycles. The lowest BCUT2D eigenvalue weighted by Gasteiger charge is -2.15. The van der Waals surface area contributed by atoms with Crippen LogP contribution in [0, 0.1) is 7.14 Å². The summed E-state index contributed by atoms with van der Waals surface area (Å²) in [5, 5.41) is 0. The molecule has 0 saturated carbocycles. The fourth-order valence-electron chi connectivity index (χ4n) is 1.25. The summed E-state index contributed by atoms with van der Waals surface area (Å²) in [6.07, 6.45) is 0. The summed E-state index contributed by atoms with van der Waals surface area (Å²) in [5.74, 6) is -0.237. The Morgan fingerprint density at radius 3 is 2.20 bits per heavy atom. The van der Waals surface area contributed by atoms with Crippen molar-refractivity contribution in [1.29, 1.82) is 0 Å². The predicted molar refractivity (Wildman–Crippen MR) is 90.2 cm³/mol. The molecule has 0 radical (unpaired) electrons. The third-order valence-electron chi connectivity index (χ3n) is 2.10. The molecule has 0 heterocycles. The first-order valence-electron chi connectivity index (χ1n) is 5.40. The number of hydrogen-bond acceptors (Lipinski definition) is 5. The molecule has 0 aliphatic carbocycles. The highest BCUT2D eigenvalue weighted by molar-refractivity contribution is 14.1. The lowest BCUT2D eigenvalue weighted by molar-refractivity contribution is -0.133. The molecular weight excluding hydrogens is 490 g/mol. The molecule has 0 fully saturated rings. The Hall–Kier alpha value is -0.840. The molecule has 0 spiro atoms. The van der Waals surface area contributed by atoms with Crippen LogP contribution in [-0.2, 0) is 9.59 Å². The number of benzene rings is 1. The number of halogens is 2. The molecule has 0 unspecified atom stereocenters. The molecule has 1 rings (SSSR count). The largest absolute Gasteiger partial charge is 0.494 e. The van der Waals surface area contributed by atoms with E-state index in [1.807, 2.05) is 45.2 Å². The van der Waals surface area contributed by atoms with Crippen molar-refractivity contribution in [2.75, 3.05) is 7.11 Å². The number of rotatable bonds is 4. The first kappa shape index (κ1) is 17.2. The van der Waals surface area contributed by atoms with E-state index in [-0.39, 0.29) is 17.1 Å². The fraction of sp³-hybridized carbons (Fsp3) is 0.231. The van der Waals surface area contributed by atoms with Crippen LogP contribution in [0.5, 0.6) is 17.2 Å². The molecule has 0 aromatic heterocycles. The average molecular weight is 502 g/mol. The van der Waals surface area contributed by atoms with Crippen LogP contribution in [0.3, 0.4) is 0 Å². The van der Waals surface area contributed by atoms with E-state index in [9.17, 15) is 9.59 Å². The summed E-state index contributed by atoms with van der Waals surface area (Å²) < 4.78 is 16.8. The van der Waals surface area contributed by atoms with E-state index in [1.165, 1.54) is 21.0 Å². The minimum Gasteiger partial charge on any atom is -0.494 e. The van der Waals surface area contributed by atoms with Gasteiger partial charge in [0.1, 0.15) is 9.32 Å². The molecule has 0 atom stereocenters. The van der Waals surface area contributed by atoms with E-state index in [2.05, 4.69) is 6.58 Å². The van der Waals surface area contributed by atoms with Gasteiger partial charge in [0, 0.05) is 18.6 Å². The molecule has 0 amide bonds. The van der Waals surface area contributed by atoms with Gasteiger partial charge < -0.3 is 14.2 Å². The van der Waals surface area contributed by atoms with Crippen molar-refractivity contribution in [2.24, 2.45) is 0 Å². The summed E-state index contributed by atoms with van der Waals surface area (Å²) in [4.78, 5) is 22.8. The second-order valence-electron chi connectivity index (χ2n) is 3.80. The summed E-state index contributed by atoms with van der Waals surface area (Å²) in [7, 11) is 1.51. The Labute approximate surface area is 143 Å². The summed E-state index contributed by atoms with van der Waals surface area (Å²) in [6, 6.07) is 1.57. The molecule has 0 aliphatic heterocycles. The van der Waals surface area contributed by atoms with Crippen LogP contribution in [-0.4, -0.2) is 19.0 Å². The van der Waals surface area contributed by atoms with Gasteiger partial charge in [0.15, 0.2) is 11.5 Å². The molecular formula is C13H12I2O5. The monoisotopic (exact) mass is 502 g/mol. The predicted octanol–water partition coefficient (Wildman–Crippen LogP) is 3.31. The van der Waals surface area contributed by atoms with Gasteiger partial charge in [0.05, 0.1) is 10.7 Å². The highest BCUT2D eigenvalue weighted by Gasteiger charge is 2.22. The second-order valence-corrected chi connectivity index (χ2v) is 6.04. The molecule has 20 heavy (non-hydrogen) atoms. The van der Waals surface area contributed by atoms with Gasteiger partial charge in [0.25, 0.3) is 0 Å². The van der Waals surface area contributed by atoms with Gasteiger partial charge in [-0.3, -0.25) is 4.79 Å².